The van der Waals surface area contributed by atoms with Crippen LogP contribution in [-0.4, -0.2) is 35.0 Å². The van der Waals surface area contributed by atoms with Crippen LogP contribution in [-0.2, 0) is 11.2 Å². The number of allylic oxidation sites excluding steroid dienone is 1. The Morgan fingerprint density at radius 2 is 2.00 bits per heavy atom. The Morgan fingerprint density at radius 3 is 2.81 bits per heavy atom. The van der Waals surface area contributed by atoms with Crippen LogP contribution >= 0.6 is 11.8 Å². The largest absolute Gasteiger partial charge is 0.511 e. The van der Waals surface area contributed by atoms with E-state index in [1.165, 1.54) is 42.0 Å². The molecule has 2 aromatic carbocycles. The highest BCUT2D eigenvalue weighted by atomic mass is 32.2. The molecule has 1 heterocycles. The fraction of sp³-hybridized carbons (Fsp3) is 0.444. The summed E-state index contributed by atoms with van der Waals surface area (Å²) in [5.41, 5.74) is 1.38. The molecule has 168 valence electrons. The smallest absolute Gasteiger partial charge is 0.449 e. The summed E-state index contributed by atoms with van der Waals surface area (Å²) in [6, 6.07) is 15.1. The lowest BCUT2D eigenvalue weighted by atomic mass is 9.88. The topological polar surface area (TPSA) is 49.8 Å². The average Bonchev–Trinajstić information content (AvgIpc) is 3.41. The number of ether oxygens (including phenoxy) is 1. The molecule has 0 radical (unpaired) electrons. The van der Waals surface area contributed by atoms with Crippen LogP contribution < -0.4 is 0 Å². The summed E-state index contributed by atoms with van der Waals surface area (Å²) in [5, 5.41) is 12.8. The number of carbonyl (C=O) groups is 1. The predicted octanol–water partition coefficient (Wildman–Crippen LogP) is 6.68. The van der Waals surface area contributed by atoms with Crippen molar-refractivity contribution in [3.63, 3.8) is 0 Å². The van der Waals surface area contributed by atoms with Crippen LogP contribution in [0.1, 0.15) is 37.7 Å². The monoisotopic (exact) mass is 449 g/mol. The maximum atomic E-state index is 11.3. The molecule has 5 rings (SSSR count). The normalized spacial score (nSPS) is 24.5. The van der Waals surface area contributed by atoms with Crippen molar-refractivity contribution >= 4 is 28.7 Å². The molecular weight excluding hydrogens is 418 g/mol. The maximum Gasteiger partial charge on any atom is 0.511 e. The summed E-state index contributed by atoms with van der Waals surface area (Å²) in [5.74, 6) is 3.93. The molecule has 0 spiro atoms. The van der Waals surface area contributed by atoms with Gasteiger partial charge in [-0.05, 0) is 78.0 Å². The molecule has 0 aromatic heterocycles. The van der Waals surface area contributed by atoms with E-state index in [0.717, 1.165) is 54.5 Å². The lowest BCUT2D eigenvalue weighted by molar-refractivity contribution is 0.118. The first kappa shape index (κ1) is 21.4. The first-order valence-corrected chi connectivity index (χ1v) is 12.8. The molecule has 4 nitrogen and oxygen atoms in total. The van der Waals surface area contributed by atoms with Gasteiger partial charge in [0.1, 0.15) is 5.03 Å². The van der Waals surface area contributed by atoms with Crippen LogP contribution in [0.25, 0.3) is 10.8 Å². The van der Waals surface area contributed by atoms with E-state index in [0.29, 0.717) is 5.76 Å². The van der Waals surface area contributed by atoms with Crippen LogP contribution in [0, 0.1) is 17.8 Å². The predicted molar refractivity (Wildman–Crippen MR) is 131 cm³/mol. The van der Waals surface area contributed by atoms with Crippen LogP contribution in [0.4, 0.5) is 4.79 Å². The Balaban J connectivity index is 1.25. The second kappa shape index (κ2) is 9.62. The van der Waals surface area contributed by atoms with E-state index in [1.807, 2.05) is 12.2 Å². The van der Waals surface area contributed by atoms with Gasteiger partial charge >= 0.3 is 6.16 Å². The average molecular weight is 450 g/mol. The van der Waals surface area contributed by atoms with Crippen molar-refractivity contribution in [1.29, 1.82) is 0 Å². The molecule has 3 atom stereocenters. The number of hydrogen-bond acceptors (Lipinski definition) is 4. The Morgan fingerprint density at radius 1 is 1.12 bits per heavy atom. The van der Waals surface area contributed by atoms with Gasteiger partial charge in [-0.2, -0.15) is 0 Å². The molecular formula is C27H31NO3S. The van der Waals surface area contributed by atoms with E-state index < -0.39 is 6.16 Å². The Bertz CT molecular complexity index is 1040. The summed E-state index contributed by atoms with van der Waals surface area (Å²) in [6.45, 7) is 1.86. The van der Waals surface area contributed by atoms with Gasteiger partial charge in [0.05, 0.1) is 0 Å². The number of hydrogen-bond donors (Lipinski definition) is 1. The van der Waals surface area contributed by atoms with Gasteiger partial charge in [-0.3, -0.25) is 0 Å². The van der Waals surface area contributed by atoms with Gasteiger partial charge in [0.25, 0.3) is 0 Å². The molecule has 2 saturated carbocycles. The van der Waals surface area contributed by atoms with Crippen molar-refractivity contribution in [2.24, 2.45) is 17.8 Å². The zero-order valence-corrected chi connectivity index (χ0v) is 19.2. The van der Waals surface area contributed by atoms with Crippen molar-refractivity contribution < 1.29 is 14.6 Å². The van der Waals surface area contributed by atoms with Gasteiger partial charge in [0.2, 0.25) is 0 Å². The van der Waals surface area contributed by atoms with Crippen molar-refractivity contribution in [1.82, 2.24) is 4.90 Å². The highest BCUT2D eigenvalue weighted by Gasteiger charge is 2.40. The van der Waals surface area contributed by atoms with Crippen molar-refractivity contribution in [3.8, 4) is 0 Å². The first-order valence-electron chi connectivity index (χ1n) is 11.8. The second-order valence-corrected chi connectivity index (χ2v) is 10.5. The van der Waals surface area contributed by atoms with Gasteiger partial charge in [-0.25, -0.2) is 4.79 Å². The van der Waals surface area contributed by atoms with E-state index >= 15 is 0 Å². The number of fused-ring (bicyclic) bond motifs is 3. The molecule has 32 heavy (non-hydrogen) atoms. The van der Waals surface area contributed by atoms with Gasteiger partial charge in [0, 0.05) is 13.1 Å². The van der Waals surface area contributed by atoms with E-state index in [9.17, 15) is 9.90 Å². The second-order valence-electron chi connectivity index (χ2n) is 9.37. The summed E-state index contributed by atoms with van der Waals surface area (Å²) in [7, 11) is 0. The van der Waals surface area contributed by atoms with Crippen molar-refractivity contribution in [2.75, 3.05) is 18.8 Å². The van der Waals surface area contributed by atoms with Gasteiger partial charge in [-0.15, -0.1) is 11.8 Å². The molecule has 3 aliphatic rings. The van der Waals surface area contributed by atoms with Crippen LogP contribution in [0.5, 0.6) is 0 Å². The quantitative estimate of drug-likeness (QED) is 0.360. The number of thioether (sulfide) groups is 1. The SMILES string of the molecule is O=C(O)OC1=C(SCCCc2cccc3ccccc23)N(CC2CC3CCC2C3)CC=C1. The zero-order valence-electron chi connectivity index (χ0n) is 18.4. The Labute approximate surface area is 194 Å². The fourth-order valence-corrected chi connectivity index (χ4v) is 6.98. The summed E-state index contributed by atoms with van der Waals surface area (Å²) >= 11 is 1.75. The molecule has 1 aliphatic heterocycles. The highest BCUT2D eigenvalue weighted by molar-refractivity contribution is 8.03. The van der Waals surface area contributed by atoms with Gasteiger partial charge < -0.3 is 14.7 Å². The van der Waals surface area contributed by atoms with Crippen molar-refractivity contribution in [3.05, 3.63) is 71.0 Å². The molecule has 5 heteroatoms. The Kier molecular flexibility index (Phi) is 6.44. The molecule has 0 amide bonds. The molecule has 2 aromatic rings. The lowest BCUT2D eigenvalue weighted by Crippen LogP contribution is -2.33. The van der Waals surface area contributed by atoms with E-state index in [-0.39, 0.29) is 0 Å². The minimum atomic E-state index is -1.24. The highest BCUT2D eigenvalue weighted by Crippen LogP contribution is 2.49. The zero-order chi connectivity index (χ0) is 21.9. The van der Waals surface area contributed by atoms with E-state index in [2.05, 4.69) is 47.4 Å². The van der Waals surface area contributed by atoms with E-state index in [1.54, 1.807) is 11.8 Å². The van der Waals surface area contributed by atoms with Crippen LogP contribution in [0.3, 0.4) is 0 Å². The minimum Gasteiger partial charge on any atom is -0.449 e. The molecule has 2 bridgehead atoms. The van der Waals surface area contributed by atoms with Crippen LogP contribution in [0.2, 0.25) is 0 Å². The number of aryl methyl sites for hydroxylation is 1. The number of carboxylic acid groups (broad SMARTS) is 1. The van der Waals surface area contributed by atoms with Crippen molar-refractivity contribution in [2.45, 2.75) is 38.5 Å². The first-order chi connectivity index (χ1) is 15.7. The molecule has 3 unspecified atom stereocenters. The maximum absolute atomic E-state index is 11.3. The molecule has 2 fully saturated rings. The standard InChI is InChI=1S/C27H31NO3S/c29-27(30)31-25-11-4-14-28(18-23-17-19-12-13-22(23)16-19)26(25)32-15-5-9-21-8-3-7-20-6-1-2-10-24(20)21/h1-4,6-8,10-11,19,22-23H,5,9,12-18H2,(H,29,30). The molecule has 1 N–H and O–H groups in total. The number of benzene rings is 2. The van der Waals surface area contributed by atoms with Gasteiger partial charge in [-0.1, -0.05) is 55.0 Å². The number of nitrogens with zero attached hydrogens (tertiary/aromatic N) is 1. The third-order valence-electron chi connectivity index (χ3n) is 7.34. The Hall–Kier alpha value is -2.40. The third-order valence-corrected chi connectivity index (χ3v) is 8.56. The number of rotatable bonds is 8. The third kappa shape index (κ3) is 4.68. The molecule has 0 saturated heterocycles. The summed E-state index contributed by atoms with van der Waals surface area (Å²) in [4.78, 5) is 13.7. The summed E-state index contributed by atoms with van der Waals surface area (Å²) < 4.78 is 5.18. The minimum absolute atomic E-state index is 0.488. The lowest BCUT2D eigenvalue weighted by Gasteiger charge is -2.34. The van der Waals surface area contributed by atoms with Gasteiger partial charge in [0.15, 0.2) is 5.76 Å². The summed E-state index contributed by atoms with van der Waals surface area (Å²) in [6.07, 6.45) is 10.2. The van der Waals surface area contributed by atoms with E-state index in [4.69, 9.17) is 4.74 Å². The van der Waals surface area contributed by atoms with Crippen LogP contribution in [0.15, 0.2) is 65.4 Å². The fourth-order valence-electron chi connectivity index (χ4n) is 5.91. The molecule has 2 aliphatic carbocycles.